The number of hydrogen-bond acceptors (Lipinski definition) is 3. The van der Waals surface area contributed by atoms with Gasteiger partial charge in [-0.25, -0.2) is 4.79 Å². The molecule has 0 heterocycles. The molecule has 0 amide bonds. The summed E-state index contributed by atoms with van der Waals surface area (Å²) in [4.78, 5) is 11.1. The second-order valence-electron chi connectivity index (χ2n) is 2.92. The van der Waals surface area contributed by atoms with Gasteiger partial charge in [0.15, 0.2) is 0 Å². The molecule has 0 aromatic heterocycles. The highest BCUT2D eigenvalue weighted by Crippen LogP contribution is 2.15. The van der Waals surface area contributed by atoms with E-state index < -0.39 is 0 Å². The van der Waals surface area contributed by atoms with Gasteiger partial charge in [-0.05, 0) is 24.6 Å². The average Bonchev–Trinajstić information content (AvgIpc) is 2.27. The maximum Gasteiger partial charge on any atom is 0.330 e. The summed E-state index contributed by atoms with van der Waals surface area (Å²) in [6.07, 6.45) is 3.17. The van der Waals surface area contributed by atoms with Crippen molar-refractivity contribution in [3.8, 4) is 0 Å². The summed E-state index contributed by atoms with van der Waals surface area (Å²) in [5.41, 5.74) is 1.95. The Morgan fingerprint density at radius 3 is 2.87 bits per heavy atom. The Balaban J connectivity index is 2.75. The van der Waals surface area contributed by atoms with Gasteiger partial charge in [-0.1, -0.05) is 18.2 Å². The van der Waals surface area contributed by atoms with Gasteiger partial charge in [-0.15, -0.1) is 0 Å². The molecule has 1 aromatic rings. The van der Waals surface area contributed by atoms with Gasteiger partial charge in [0, 0.05) is 18.8 Å². The molecular formula is C12H15NO2. The van der Waals surface area contributed by atoms with E-state index in [0.717, 1.165) is 11.3 Å². The van der Waals surface area contributed by atoms with E-state index in [4.69, 9.17) is 4.74 Å². The molecule has 1 aromatic carbocycles. The quantitative estimate of drug-likeness (QED) is 0.605. The van der Waals surface area contributed by atoms with Gasteiger partial charge in [0.25, 0.3) is 0 Å². The van der Waals surface area contributed by atoms with Crippen LogP contribution in [0.15, 0.2) is 30.3 Å². The molecule has 0 aliphatic carbocycles. The Morgan fingerprint density at radius 1 is 1.47 bits per heavy atom. The number of esters is 1. The van der Waals surface area contributed by atoms with Crippen LogP contribution in [0.1, 0.15) is 12.5 Å². The topological polar surface area (TPSA) is 38.3 Å². The van der Waals surface area contributed by atoms with E-state index in [1.54, 1.807) is 13.0 Å². The Labute approximate surface area is 89.8 Å². The fraction of sp³-hybridized carbons (Fsp3) is 0.250. The summed E-state index contributed by atoms with van der Waals surface area (Å²) in [7, 11) is 1.84. The lowest BCUT2D eigenvalue weighted by Crippen LogP contribution is -1.99. The highest BCUT2D eigenvalue weighted by molar-refractivity contribution is 5.88. The lowest BCUT2D eigenvalue weighted by atomic mass is 10.1. The van der Waals surface area contributed by atoms with Crippen LogP contribution in [0.25, 0.3) is 6.08 Å². The molecule has 0 unspecified atom stereocenters. The van der Waals surface area contributed by atoms with Gasteiger partial charge in [0.05, 0.1) is 6.61 Å². The third kappa shape index (κ3) is 3.46. The Hall–Kier alpha value is -1.77. The molecule has 80 valence electrons. The molecule has 0 atom stereocenters. The summed E-state index contributed by atoms with van der Waals surface area (Å²) in [5.74, 6) is -0.316. The number of benzene rings is 1. The smallest absolute Gasteiger partial charge is 0.330 e. The Morgan fingerprint density at radius 2 is 2.20 bits per heavy atom. The second-order valence-corrected chi connectivity index (χ2v) is 2.92. The molecule has 0 aliphatic rings. The monoisotopic (exact) mass is 205 g/mol. The third-order valence-corrected chi connectivity index (χ3v) is 1.92. The number of rotatable bonds is 4. The summed E-state index contributed by atoms with van der Waals surface area (Å²) in [6.45, 7) is 2.18. The third-order valence-electron chi connectivity index (χ3n) is 1.92. The van der Waals surface area contributed by atoms with Crippen LogP contribution in [0.3, 0.4) is 0 Å². The highest BCUT2D eigenvalue weighted by Gasteiger charge is 1.97. The first kappa shape index (κ1) is 11.3. The minimum Gasteiger partial charge on any atom is -0.463 e. The molecule has 15 heavy (non-hydrogen) atoms. The Bertz CT molecular complexity index is 358. The fourth-order valence-electron chi connectivity index (χ4n) is 1.22. The number of anilines is 1. The van der Waals surface area contributed by atoms with Crippen LogP contribution in [0, 0.1) is 0 Å². The van der Waals surface area contributed by atoms with Gasteiger partial charge >= 0.3 is 5.97 Å². The molecule has 1 N–H and O–H groups in total. The molecule has 0 aliphatic heterocycles. The first-order valence-corrected chi connectivity index (χ1v) is 4.89. The first-order valence-electron chi connectivity index (χ1n) is 4.89. The van der Waals surface area contributed by atoms with Crippen LogP contribution in [-0.2, 0) is 9.53 Å². The minimum absolute atomic E-state index is 0.316. The zero-order chi connectivity index (χ0) is 11.1. The first-order chi connectivity index (χ1) is 7.27. The van der Waals surface area contributed by atoms with E-state index in [0.29, 0.717) is 6.61 Å². The van der Waals surface area contributed by atoms with Gasteiger partial charge in [-0.3, -0.25) is 0 Å². The van der Waals surface area contributed by atoms with Crippen molar-refractivity contribution in [1.82, 2.24) is 0 Å². The molecule has 0 saturated heterocycles. The number of carbonyl (C=O) groups excluding carboxylic acids is 1. The molecular weight excluding hydrogens is 190 g/mol. The van der Waals surface area contributed by atoms with Crippen LogP contribution in [0.2, 0.25) is 0 Å². The van der Waals surface area contributed by atoms with E-state index in [9.17, 15) is 4.79 Å². The second kappa shape index (κ2) is 5.86. The van der Waals surface area contributed by atoms with Crippen LogP contribution < -0.4 is 5.32 Å². The lowest BCUT2D eigenvalue weighted by molar-refractivity contribution is -0.137. The molecule has 0 saturated carbocycles. The van der Waals surface area contributed by atoms with Crippen LogP contribution in [-0.4, -0.2) is 19.6 Å². The highest BCUT2D eigenvalue weighted by atomic mass is 16.5. The maximum absolute atomic E-state index is 11.1. The van der Waals surface area contributed by atoms with Gasteiger partial charge in [-0.2, -0.15) is 0 Å². The lowest BCUT2D eigenvalue weighted by Gasteiger charge is -2.03. The minimum atomic E-state index is -0.316. The van der Waals surface area contributed by atoms with E-state index >= 15 is 0 Å². The number of carbonyl (C=O) groups is 1. The van der Waals surface area contributed by atoms with Crippen molar-refractivity contribution in [2.45, 2.75) is 6.92 Å². The van der Waals surface area contributed by atoms with Crippen LogP contribution >= 0.6 is 0 Å². The predicted octanol–water partition coefficient (Wildman–Crippen LogP) is 2.30. The normalized spacial score (nSPS) is 10.3. The van der Waals surface area contributed by atoms with E-state index in [-0.39, 0.29) is 5.97 Å². The van der Waals surface area contributed by atoms with Crippen molar-refractivity contribution in [3.05, 3.63) is 35.9 Å². The van der Waals surface area contributed by atoms with Crippen molar-refractivity contribution >= 4 is 17.7 Å². The molecule has 3 heteroatoms. The summed E-state index contributed by atoms with van der Waals surface area (Å²) in [5, 5.41) is 3.05. The van der Waals surface area contributed by atoms with Crippen molar-refractivity contribution in [1.29, 1.82) is 0 Å². The summed E-state index contributed by atoms with van der Waals surface area (Å²) in [6, 6.07) is 7.74. The molecule has 0 fully saturated rings. The van der Waals surface area contributed by atoms with E-state index in [1.807, 2.05) is 31.3 Å². The maximum atomic E-state index is 11.1. The van der Waals surface area contributed by atoms with Crippen molar-refractivity contribution < 1.29 is 9.53 Å². The summed E-state index contributed by atoms with van der Waals surface area (Å²) < 4.78 is 4.79. The van der Waals surface area contributed by atoms with E-state index in [1.165, 1.54) is 6.08 Å². The van der Waals surface area contributed by atoms with Gasteiger partial charge < -0.3 is 10.1 Å². The zero-order valence-electron chi connectivity index (χ0n) is 8.99. The average molecular weight is 205 g/mol. The Kier molecular flexibility index (Phi) is 4.41. The number of ether oxygens (including phenoxy) is 1. The molecule has 3 nitrogen and oxygen atoms in total. The van der Waals surface area contributed by atoms with E-state index in [2.05, 4.69) is 5.32 Å². The number of para-hydroxylation sites is 1. The summed E-state index contributed by atoms with van der Waals surface area (Å²) >= 11 is 0. The number of nitrogens with one attached hydrogen (secondary N) is 1. The van der Waals surface area contributed by atoms with Crippen LogP contribution in [0.5, 0.6) is 0 Å². The van der Waals surface area contributed by atoms with Gasteiger partial charge in [0.2, 0.25) is 0 Å². The molecule has 0 bridgehead atoms. The SMILES string of the molecule is CCOC(=O)/C=C/c1ccccc1NC. The predicted molar refractivity (Wildman–Crippen MR) is 61.7 cm³/mol. The van der Waals surface area contributed by atoms with Crippen LogP contribution in [0.4, 0.5) is 5.69 Å². The van der Waals surface area contributed by atoms with Crippen molar-refractivity contribution in [3.63, 3.8) is 0 Å². The van der Waals surface area contributed by atoms with Gasteiger partial charge in [0.1, 0.15) is 0 Å². The largest absolute Gasteiger partial charge is 0.463 e. The standard InChI is InChI=1S/C12H15NO2/c1-3-15-12(14)9-8-10-6-4-5-7-11(10)13-2/h4-9,13H,3H2,1-2H3/b9-8+. The van der Waals surface area contributed by atoms with Crippen molar-refractivity contribution in [2.75, 3.05) is 19.0 Å². The molecule has 0 spiro atoms. The molecule has 0 radical (unpaired) electrons. The fourth-order valence-corrected chi connectivity index (χ4v) is 1.22. The van der Waals surface area contributed by atoms with Crippen molar-refractivity contribution in [2.24, 2.45) is 0 Å². The number of hydrogen-bond donors (Lipinski definition) is 1. The zero-order valence-corrected chi connectivity index (χ0v) is 8.99. The molecule has 1 rings (SSSR count).